The van der Waals surface area contributed by atoms with Crippen LogP contribution in [0.2, 0.25) is 0 Å². The number of sulfonamides is 1. The van der Waals surface area contributed by atoms with Gasteiger partial charge in [0.1, 0.15) is 0 Å². The molecule has 4 nitrogen and oxygen atoms in total. The fourth-order valence-electron chi connectivity index (χ4n) is 3.84. The van der Waals surface area contributed by atoms with Gasteiger partial charge in [-0.15, -0.1) is 0 Å². The van der Waals surface area contributed by atoms with Gasteiger partial charge in [-0.25, -0.2) is 8.42 Å². The summed E-state index contributed by atoms with van der Waals surface area (Å²) in [4.78, 5) is 0.340. The normalized spacial score (nSPS) is 26.7. The number of hydrogen-bond acceptors (Lipinski definition) is 3. The number of ether oxygens (including phenoxy) is 1. The second-order valence-corrected chi connectivity index (χ2v) is 9.12. The molecule has 2 aliphatic heterocycles. The molecule has 2 saturated heterocycles. The van der Waals surface area contributed by atoms with Crippen LogP contribution in [0.1, 0.15) is 23.7 Å². The van der Waals surface area contributed by atoms with Gasteiger partial charge in [0.05, 0.1) is 17.1 Å². The van der Waals surface area contributed by atoms with E-state index in [2.05, 4.69) is 6.58 Å². The van der Waals surface area contributed by atoms with Crippen LogP contribution >= 0.6 is 0 Å². The number of fused-ring (bicyclic) bond motifs is 1. The summed E-state index contributed by atoms with van der Waals surface area (Å²) in [5.41, 5.74) is 3.24. The van der Waals surface area contributed by atoms with E-state index in [0.717, 1.165) is 23.1 Å². The molecule has 136 valence electrons. The number of aryl methyl sites for hydroxylation is 1. The minimum Gasteiger partial charge on any atom is -0.368 e. The fourth-order valence-corrected chi connectivity index (χ4v) is 5.32. The molecular weight excluding hydrogens is 346 g/mol. The van der Waals surface area contributed by atoms with Gasteiger partial charge in [0.25, 0.3) is 0 Å². The minimum atomic E-state index is -3.51. The zero-order chi connectivity index (χ0) is 18.3. The fraction of sp³-hybridized carbons (Fsp3) is 0.333. The van der Waals surface area contributed by atoms with Gasteiger partial charge in [-0.2, -0.15) is 4.31 Å². The Hall–Kier alpha value is -1.95. The largest absolute Gasteiger partial charge is 0.368 e. The van der Waals surface area contributed by atoms with Crippen LogP contribution in [0.5, 0.6) is 0 Å². The first kappa shape index (κ1) is 17.5. The van der Waals surface area contributed by atoms with E-state index in [1.54, 1.807) is 16.4 Å². The van der Waals surface area contributed by atoms with E-state index in [0.29, 0.717) is 18.0 Å². The van der Waals surface area contributed by atoms with Gasteiger partial charge in [0.15, 0.2) is 0 Å². The van der Waals surface area contributed by atoms with Gasteiger partial charge in [-0.3, -0.25) is 0 Å². The zero-order valence-electron chi connectivity index (χ0n) is 14.8. The van der Waals surface area contributed by atoms with Crippen molar-refractivity contribution in [2.75, 3.05) is 13.1 Å². The first-order valence-electron chi connectivity index (χ1n) is 8.90. The molecule has 2 aromatic rings. The van der Waals surface area contributed by atoms with E-state index in [1.807, 2.05) is 49.4 Å². The molecule has 3 atom stereocenters. The lowest BCUT2D eigenvalue weighted by Gasteiger charge is -2.33. The lowest BCUT2D eigenvalue weighted by atomic mass is 9.87. The molecule has 0 saturated carbocycles. The van der Waals surface area contributed by atoms with Crippen molar-refractivity contribution in [3.8, 4) is 0 Å². The van der Waals surface area contributed by atoms with Crippen molar-refractivity contribution in [3.05, 3.63) is 77.9 Å². The Morgan fingerprint density at radius 2 is 1.73 bits per heavy atom. The van der Waals surface area contributed by atoms with Gasteiger partial charge in [0, 0.05) is 19.0 Å². The van der Waals surface area contributed by atoms with E-state index in [9.17, 15) is 8.42 Å². The molecule has 3 unspecified atom stereocenters. The molecule has 2 aliphatic rings. The lowest BCUT2D eigenvalue weighted by molar-refractivity contribution is -0.0421. The van der Waals surface area contributed by atoms with Crippen LogP contribution in [-0.2, 0) is 14.8 Å². The average Bonchev–Trinajstić information content (AvgIpc) is 3.08. The van der Waals surface area contributed by atoms with E-state index in [1.165, 1.54) is 0 Å². The molecule has 0 N–H and O–H groups in total. The topological polar surface area (TPSA) is 46.6 Å². The molecule has 0 spiro atoms. The van der Waals surface area contributed by atoms with Gasteiger partial charge < -0.3 is 4.74 Å². The van der Waals surface area contributed by atoms with Crippen LogP contribution in [0.4, 0.5) is 0 Å². The highest BCUT2D eigenvalue weighted by Gasteiger charge is 2.45. The van der Waals surface area contributed by atoms with Crippen LogP contribution in [0.15, 0.2) is 71.6 Å². The molecule has 0 aliphatic carbocycles. The SMILES string of the molecule is C=C1CC(c2ccccc2)OC2CN(S(=O)(=O)c3ccc(C)cc3)CC12. The second kappa shape index (κ2) is 6.65. The van der Waals surface area contributed by atoms with E-state index in [-0.39, 0.29) is 18.1 Å². The summed E-state index contributed by atoms with van der Waals surface area (Å²) in [6.45, 7) is 7.00. The summed E-state index contributed by atoms with van der Waals surface area (Å²) < 4.78 is 33.8. The molecule has 26 heavy (non-hydrogen) atoms. The third-order valence-corrected chi connectivity index (χ3v) is 7.22. The maximum atomic E-state index is 13.0. The van der Waals surface area contributed by atoms with Crippen molar-refractivity contribution in [1.82, 2.24) is 4.31 Å². The minimum absolute atomic E-state index is 0.0491. The molecule has 2 fully saturated rings. The molecule has 4 rings (SSSR count). The van der Waals surface area contributed by atoms with Crippen molar-refractivity contribution in [2.45, 2.75) is 30.4 Å². The Bertz CT molecular complexity index is 906. The van der Waals surface area contributed by atoms with Crippen molar-refractivity contribution in [3.63, 3.8) is 0 Å². The third-order valence-electron chi connectivity index (χ3n) is 5.37. The van der Waals surface area contributed by atoms with E-state index >= 15 is 0 Å². The Labute approximate surface area is 155 Å². The Morgan fingerprint density at radius 1 is 1.04 bits per heavy atom. The van der Waals surface area contributed by atoms with Gasteiger partial charge in [0.2, 0.25) is 10.0 Å². The summed E-state index contributed by atoms with van der Waals surface area (Å²) in [6, 6.07) is 17.1. The van der Waals surface area contributed by atoms with Crippen molar-refractivity contribution >= 4 is 10.0 Å². The van der Waals surface area contributed by atoms with Crippen LogP contribution < -0.4 is 0 Å². The standard InChI is InChI=1S/C21H23NO3S/c1-15-8-10-18(11-9-15)26(23,24)22-13-19-16(2)12-20(25-21(19)14-22)17-6-4-3-5-7-17/h3-11,19-21H,2,12-14H2,1H3. The van der Waals surface area contributed by atoms with Crippen LogP contribution in [0, 0.1) is 12.8 Å². The number of benzene rings is 2. The van der Waals surface area contributed by atoms with Crippen LogP contribution in [0.3, 0.4) is 0 Å². The summed E-state index contributed by atoms with van der Waals surface area (Å²) in [6.07, 6.45) is 0.553. The van der Waals surface area contributed by atoms with Crippen molar-refractivity contribution in [1.29, 1.82) is 0 Å². The first-order valence-corrected chi connectivity index (χ1v) is 10.3. The molecule has 0 amide bonds. The molecule has 2 aromatic carbocycles. The highest BCUT2D eigenvalue weighted by molar-refractivity contribution is 7.89. The zero-order valence-corrected chi connectivity index (χ0v) is 15.7. The first-order chi connectivity index (χ1) is 12.4. The molecule has 0 bridgehead atoms. The Morgan fingerprint density at radius 3 is 2.42 bits per heavy atom. The highest BCUT2D eigenvalue weighted by atomic mass is 32.2. The molecular formula is C21H23NO3S. The quantitative estimate of drug-likeness (QED) is 0.775. The number of rotatable bonds is 3. The predicted molar refractivity (Wildman–Crippen MR) is 101 cm³/mol. The number of nitrogens with zero attached hydrogens (tertiary/aromatic N) is 1. The average molecular weight is 369 g/mol. The van der Waals surface area contributed by atoms with E-state index < -0.39 is 10.0 Å². The van der Waals surface area contributed by atoms with Gasteiger partial charge in [-0.05, 0) is 31.0 Å². The monoisotopic (exact) mass is 369 g/mol. The third kappa shape index (κ3) is 3.11. The molecule has 0 radical (unpaired) electrons. The maximum Gasteiger partial charge on any atom is 0.243 e. The predicted octanol–water partition coefficient (Wildman–Crippen LogP) is 3.70. The summed E-state index contributed by atoms with van der Waals surface area (Å²) in [5, 5.41) is 0. The van der Waals surface area contributed by atoms with Crippen LogP contribution in [-0.4, -0.2) is 31.9 Å². The summed E-state index contributed by atoms with van der Waals surface area (Å²) >= 11 is 0. The summed E-state index contributed by atoms with van der Waals surface area (Å²) in [7, 11) is -3.51. The van der Waals surface area contributed by atoms with E-state index in [4.69, 9.17) is 4.74 Å². The second-order valence-electron chi connectivity index (χ2n) is 7.18. The highest BCUT2D eigenvalue weighted by Crippen LogP contribution is 2.42. The lowest BCUT2D eigenvalue weighted by Crippen LogP contribution is -2.32. The summed E-state index contributed by atoms with van der Waals surface area (Å²) in [5.74, 6) is 0.0650. The van der Waals surface area contributed by atoms with Crippen LogP contribution in [0.25, 0.3) is 0 Å². The smallest absolute Gasteiger partial charge is 0.243 e. The van der Waals surface area contributed by atoms with Crippen molar-refractivity contribution in [2.24, 2.45) is 5.92 Å². The van der Waals surface area contributed by atoms with Crippen molar-refractivity contribution < 1.29 is 13.2 Å². The van der Waals surface area contributed by atoms with Gasteiger partial charge in [-0.1, -0.05) is 60.2 Å². The maximum absolute atomic E-state index is 13.0. The number of hydrogen-bond donors (Lipinski definition) is 0. The molecule has 0 aromatic heterocycles. The molecule has 2 heterocycles. The Kier molecular flexibility index (Phi) is 4.47. The van der Waals surface area contributed by atoms with Gasteiger partial charge >= 0.3 is 0 Å². The Balaban J connectivity index is 1.55. The molecule has 5 heteroatoms.